The molecule has 9 aromatic carbocycles. The molecule has 0 atom stereocenters. The quantitative estimate of drug-likeness (QED) is 0.00916. The van der Waals surface area contributed by atoms with Gasteiger partial charge in [0.25, 0.3) is 6.47 Å². The van der Waals surface area contributed by atoms with E-state index < -0.39 is 24.7 Å². The summed E-state index contributed by atoms with van der Waals surface area (Å²) >= 11 is 2.26. The predicted molar refractivity (Wildman–Crippen MR) is 426 cm³/mol. The van der Waals surface area contributed by atoms with E-state index in [1.807, 2.05) is 103 Å². The molecule has 0 aliphatic rings. The van der Waals surface area contributed by atoms with Crippen molar-refractivity contribution in [1.29, 1.82) is 0 Å². The van der Waals surface area contributed by atoms with Crippen LogP contribution in [0.4, 0.5) is 13.2 Å². The Bertz CT molecular complexity index is 5130. The fraction of sp³-hybridized carbons (Fsp3) is 0.229. The third-order valence-electron chi connectivity index (χ3n) is 16.5. The third-order valence-corrected chi connectivity index (χ3v) is 17.3. The van der Waals surface area contributed by atoms with E-state index in [0.717, 1.165) is 58.9 Å². The maximum absolute atomic E-state index is 15.2. The van der Waals surface area contributed by atoms with Gasteiger partial charge in [-0.05, 0) is 126 Å². The van der Waals surface area contributed by atoms with Gasteiger partial charge in [-0.2, -0.15) is 0 Å². The fourth-order valence-corrected chi connectivity index (χ4v) is 12.5. The number of hydrogen-bond donors (Lipinski definition) is 6. The number of ether oxygens (including phenoxy) is 8. The van der Waals surface area contributed by atoms with Crippen LogP contribution in [0.25, 0.3) is 55.2 Å². The molecule has 0 saturated heterocycles. The number of carbonyl (C=O) groups excluding carboxylic acids is 3. The number of benzene rings is 9. The topological polar surface area (TPSA) is 383 Å². The maximum Gasteiger partial charge on any atom is 1.00 e. The molecule has 0 aliphatic carbocycles. The van der Waals surface area contributed by atoms with Gasteiger partial charge in [0.15, 0.2) is 0 Å². The second-order valence-electron chi connectivity index (χ2n) is 24.3. The molecule has 116 heavy (non-hydrogen) atoms. The number of carboxylic acids is 1. The minimum absolute atomic E-state index is 0. The number of para-hydroxylation sites is 3. The van der Waals surface area contributed by atoms with Gasteiger partial charge < -0.3 is 101 Å². The van der Waals surface area contributed by atoms with Gasteiger partial charge in [-0.25, -0.2) is 13.2 Å². The van der Waals surface area contributed by atoms with E-state index >= 15 is 8.78 Å². The standard InChI is InChI=1S/C28H28FNO5.C26H24FNO5.C21H21IO5.C7H9BFNO2.CH2O3.ClH.2K.Li.H2O.H/c1-3-33-26(31)14-19-7-4-5-10-25(19)34-16-18-11-21-13-22(17-32-2)35-28(21)24(12-18)23-9-6-8-20(15-30)27(23)29;1-31-15-20-11-19-9-16(14-32-23-8-3-2-5-17(23)12-24(29)30)10-22(26(19)33-20)21-7-4-6-18(13-28)25(21)27;1-3-25-20(23)11-15-6-4-5-7-19(15)26-12-14-8-16-10-17(13-24-2)27-21(16)18(22)9-14;9-7-5(4-10)2-1-3-6(7)8(11)12;2-1-4-3;;;;;;/h4-13H,3,14-17,30H2,1-2H3;2-11H,12-15,28H2,1H3,(H,29,30);4-10H,3,11-13H2,1-2H3;1-3,11-12H,4,10H2;1,3H;1H;;;;1H2;/q;;;;;;3*+1;;-1/p-2. The molecule has 0 fully saturated rings. The van der Waals surface area contributed by atoms with Crippen LogP contribution < -0.4 is 164 Å². The van der Waals surface area contributed by atoms with Gasteiger partial charge in [-0.3, -0.25) is 19.2 Å². The molecule has 12 aromatic rings. The first-order chi connectivity index (χ1) is 53.7. The zero-order valence-corrected chi connectivity index (χ0v) is 74.5. The molecule has 0 bridgehead atoms. The number of hydrogen-bond acceptors (Lipinski definition) is 23. The van der Waals surface area contributed by atoms with Gasteiger partial charge in [0.1, 0.15) is 108 Å². The number of aliphatic carboxylic acids is 1. The molecular formula is C83H86BClF3IK2LiN3O21. The van der Waals surface area contributed by atoms with Crippen molar-refractivity contribution in [3.05, 3.63) is 270 Å². The number of furan rings is 3. The number of carbonyl (C=O) groups is 4. The van der Waals surface area contributed by atoms with Crippen LogP contribution in [0.1, 0.15) is 82.6 Å². The number of carboxylic acid groups (broad SMARTS) is 1. The van der Waals surface area contributed by atoms with Crippen LogP contribution in [0.15, 0.2) is 195 Å². The zero-order valence-electron chi connectivity index (χ0n) is 66.3. The fourth-order valence-electron chi connectivity index (χ4n) is 11.7. The van der Waals surface area contributed by atoms with Crippen molar-refractivity contribution >= 4 is 105 Å². The van der Waals surface area contributed by atoms with E-state index in [1.54, 1.807) is 95.8 Å². The van der Waals surface area contributed by atoms with Crippen molar-refractivity contribution in [2.24, 2.45) is 17.2 Å². The Balaban J connectivity index is 0.000000533. The van der Waals surface area contributed by atoms with Gasteiger partial charge in [-0.15, -0.1) is 12.4 Å². The Kier molecular flexibility index (Phi) is 47.9. The number of nitrogens with two attached hydrogens (primary N) is 3. The van der Waals surface area contributed by atoms with Crippen molar-refractivity contribution in [3.63, 3.8) is 0 Å². The first-order valence-corrected chi connectivity index (χ1v) is 35.7. The summed E-state index contributed by atoms with van der Waals surface area (Å²) in [5, 5.41) is 37.6. The Hall–Kier alpha value is -6.77. The Labute approximate surface area is 786 Å². The zero-order chi connectivity index (χ0) is 79.9. The summed E-state index contributed by atoms with van der Waals surface area (Å²) in [5.41, 5.74) is 26.3. The summed E-state index contributed by atoms with van der Waals surface area (Å²) in [7, 11) is 3.03. The molecule has 24 nitrogen and oxygen atoms in total. The first kappa shape index (κ1) is 103. The van der Waals surface area contributed by atoms with E-state index in [1.165, 1.54) is 18.2 Å². The van der Waals surface area contributed by atoms with Crippen LogP contribution in [-0.4, -0.2) is 86.7 Å². The smallest absolute Gasteiger partial charge is 1.00 e. The van der Waals surface area contributed by atoms with Gasteiger partial charge >= 0.3 is 147 Å². The molecule has 0 spiro atoms. The van der Waals surface area contributed by atoms with Gasteiger partial charge in [-0.1, -0.05) is 109 Å². The molecule has 0 unspecified atom stereocenters. The van der Waals surface area contributed by atoms with E-state index in [-0.39, 0.29) is 235 Å². The van der Waals surface area contributed by atoms with E-state index in [9.17, 15) is 18.8 Å². The molecule has 600 valence electrons. The average Bonchev–Trinajstić information content (AvgIpc) is 1.69. The largest absolute Gasteiger partial charge is 1.00 e. The second kappa shape index (κ2) is 53.7. The van der Waals surface area contributed by atoms with Crippen LogP contribution in [0.2, 0.25) is 0 Å². The predicted octanol–water partition coefficient (Wildman–Crippen LogP) is 4.22. The van der Waals surface area contributed by atoms with Crippen LogP contribution in [0.5, 0.6) is 17.2 Å². The van der Waals surface area contributed by atoms with Gasteiger partial charge in [0, 0.05) is 118 Å². The van der Waals surface area contributed by atoms with Crippen molar-refractivity contribution in [1.82, 2.24) is 0 Å². The number of rotatable bonds is 30. The number of esters is 2. The summed E-state index contributed by atoms with van der Waals surface area (Å²) in [6.07, 6.45) is 0.176. The second-order valence-corrected chi connectivity index (χ2v) is 25.5. The van der Waals surface area contributed by atoms with E-state index in [2.05, 4.69) is 27.5 Å². The molecular weight excluding hydrogens is 1690 g/mol. The Morgan fingerprint density at radius 2 is 0.810 bits per heavy atom. The molecule has 3 heterocycles. The summed E-state index contributed by atoms with van der Waals surface area (Å²) in [5.74, 6) is 0.900. The molecule has 10 N–H and O–H groups in total. The normalized spacial score (nSPS) is 10.3. The van der Waals surface area contributed by atoms with Crippen LogP contribution in [-0.2, 0) is 126 Å². The Morgan fingerprint density at radius 1 is 0.483 bits per heavy atom. The monoisotopic (exact) mass is 1780 g/mol. The minimum atomic E-state index is -1.78. The maximum atomic E-state index is 15.2. The van der Waals surface area contributed by atoms with Crippen molar-refractivity contribution in [3.8, 4) is 39.5 Å². The summed E-state index contributed by atoms with van der Waals surface area (Å²) in [6.45, 7) is 6.11. The number of fused-ring (bicyclic) bond motifs is 3. The van der Waals surface area contributed by atoms with E-state index in [0.29, 0.717) is 112 Å². The van der Waals surface area contributed by atoms with E-state index in [4.69, 9.17) is 93.6 Å². The summed E-state index contributed by atoms with van der Waals surface area (Å²) < 4.78 is 106. The summed E-state index contributed by atoms with van der Waals surface area (Å²) in [4.78, 5) is 46.2. The van der Waals surface area contributed by atoms with Crippen molar-refractivity contribution in [2.75, 3.05) is 34.5 Å². The first-order valence-electron chi connectivity index (χ1n) is 34.7. The van der Waals surface area contributed by atoms with Crippen molar-refractivity contribution in [2.45, 2.75) is 92.4 Å². The van der Waals surface area contributed by atoms with Gasteiger partial charge in [0.05, 0.1) is 36.0 Å². The van der Waals surface area contributed by atoms with Gasteiger partial charge in [0.2, 0.25) is 0 Å². The minimum Gasteiger partial charge on any atom is -1.00 e. The van der Waals surface area contributed by atoms with Crippen LogP contribution in [0.3, 0.4) is 0 Å². The summed E-state index contributed by atoms with van der Waals surface area (Å²) in [6, 6.07) is 53.8. The van der Waals surface area contributed by atoms with Crippen molar-refractivity contribution < 1.29 is 237 Å². The molecule has 0 aliphatic heterocycles. The molecule has 12 rings (SSSR count). The van der Waals surface area contributed by atoms with Crippen LogP contribution >= 0.6 is 35.0 Å². The molecule has 3 aromatic heterocycles. The Morgan fingerprint density at radius 3 is 1.16 bits per heavy atom. The molecule has 0 amide bonds. The number of methoxy groups -OCH3 is 3. The molecule has 0 radical (unpaired) electrons. The number of halogens is 5. The van der Waals surface area contributed by atoms with Crippen LogP contribution in [0, 0.1) is 21.0 Å². The molecule has 33 heteroatoms. The average molecular weight is 1780 g/mol. The third kappa shape index (κ3) is 29.9. The SMILES string of the molecule is CCOC(=O)Cc1ccccc1OCc1cc(-c2cccc(CN)c2F)c2oc(COC)cc2c1.CCOC(=O)Cc1ccccc1OCc1cc(I)c2oc(COC)cc2c1.COCc1cc2cc(COc3ccccc3CC(=O)O)cc(-c3cccc(CN)c3F)c2o1.Cl.NCc1cccc(B(O)O)c1F.O=CO[O-].[H-].[K+].[K+].[Li+].[OH-]. The molecule has 0 saturated carbocycles.